The number of hydrogen-bond acceptors (Lipinski definition) is 4. The molecule has 0 fully saturated rings. The minimum absolute atomic E-state index is 0.126. The summed E-state index contributed by atoms with van der Waals surface area (Å²) in [5.74, 6) is -0.172. The Labute approximate surface area is 128 Å². The predicted molar refractivity (Wildman–Crippen MR) is 80.5 cm³/mol. The molecule has 2 aromatic rings. The highest BCUT2D eigenvalue weighted by Crippen LogP contribution is 2.21. The Morgan fingerprint density at radius 1 is 1.48 bits per heavy atom. The van der Waals surface area contributed by atoms with Gasteiger partial charge in [0.25, 0.3) is 0 Å². The second-order valence-corrected chi connectivity index (χ2v) is 5.07. The van der Waals surface area contributed by atoms with Crippen LogP contribution in [0.25, 0.3) is 0 Å². The van der Waals surface area contributed by atoms with Crippen molar-refractivity contribution < 1.29 is 9.90 Å². The van der Waals surface area contributed by atoms with Crippen molar-refractivity contribution in [2.75, 3.05) is 11.4 Å². The number of carboxylic acids is 1. The molecule has 0 saturated carbocycles. The first-order valence-electron chi connectivity index (χ1n) is 6.69. The molecule has 2 rings (SSSR count). The molecular formula is C14H17ClN4O2. The molecule has 0 atom stereocenters. The number of carboxylic acid groups (broad SMARTS) is 1. The van der Waals surface area contributed by atoms with Crippen LogP contribution in [0.5, 0.6) is 0 Å². The first-order valence-corrected chi connectivity index (χ1v) is 7.07. The summed E-state index contributed by atoms with van der Waals surface area (Å²) in [6, 6.07) is 7.12. The van der Waals surface area contributed by atoms with E-state index in [1.807, 2.05) is 6.07 Å². The zero-order valence-electron chi connectivity index (χ0n) is 11.7. The van der Waals surface area contributed by atoms with Crippen LogP contribution >= 0.6 is 11.6 Å². The SMILES string of the molecule is CCCn1ncnc1CN(CC(=O)O)c1cccc(Cl)c1. The van der Waals surface area contributed by atoms with Gasteiger partial charge in [0.15, 0.2) is 0 Å². The van der Waals surface area contributed by atoms with Crippen molar-refractivity contribution in [3.05, 3.63) is 41.4 Å². The summed E-state index contributed by atoms with van der Waals surface area (Å²) in [5, 5.41) is 13.8. The maximum absolute atomic E-state index is 11.1. The van der Waals surface area contributed by atoms with E-state index in [1.54, 1.807) is 27.8 Å². The largest absolute Gasteiger partial charge is 0.480 e. The number of aromatic nitrogens is 3. The van der Waals surface area contributed by atoms with Crippen LogP contribution in [0, 0.1) is 0 Å². The molecule has 0 radical (unpaired) electrons. The van der Waals surface area contributed by atoms with E-state index in [4.69, 9.17) is 16.7 Å². The fourth-order valence-corrected chi connectivity index (χ4v) is 2.24. The summed E-state index contributed by atoms with van der Waals surface area (Å²) >= 11 is 5.98. The highest BCUT2D eigenvalue weighted by atomic mass is 35.5. The molecule has 0 amide bonds. The highest BCUT2D eigenvalue weighted by Gasteiger charge is 2.15. The average Bonchev–Trinajstić information content (AvgIpc) is 2.85. The number of anilines is 1. The normalized spacial score (nSPS) is 10.6. The summed E-state index contributed by atoms with van der Waals surface area (Å²) in [5.41, 5.74) is 0.746. The molecule has 7 heteroatoms. The molecule has 0 aliphatic heterocycles. The van der Waals surface area contributed by atoms with Crippen molar-refractivity contribution in [3.8, 4) is 0 Å². The number of benzene rings is 1. The number of rotatable bonds is 7. The third kappa shape index (κ3) is 4.19. The highest BCUT2D eigenvalue weighted by molar-refractivity contribution is 6.30. The maximum atomic E-state index is 11.1. The summed E-state index contributed by atoms with van der Waals surface area (Å²) < 4.78 is 1.79. The Hall–Kier alpha value is -2.08. The fourth-order valence-electron chi connectivity index (χ4n) is 2.05. The number of aryl methyl sites for hydroxylation is 1. The molecule has 6 nitrogen and oxygen atoms in total. The summed E-state index contributed by atoms with van der Waals surface area (Å²) in [6.45, 7) is 3.05. The number of nitrogens with zero attached hydrogens (tertiary/aromatic N) is 4. The van der Waals surface area contributed by atoms with Gasteiger partial charge in [0.05, 0.1) is 6.54 Å². The summed E-state index contributed by atoms with van der Waals surface area (Å²) in [6.07, 6.45) is 2.42. The van der Waals surface area contributed by atoms with Gasteiger partial charge in [0.2, 0.25) is 0 Å². The summed E-state index contributed by atoms with van der Waals surface area (Å²) in [4.78, 5) is 17.0. The molecule has 1 heterocycles. The molecule has 0 spiro atoms. The van der Waals surface area contributed by atoms with Gasteiger partial charge >= 0.3 is 5.97 Å². The molecular weight excluding hydrogens is 292 g/mol. The molecule has 112 valence electrons. The number of halogens is 1. The number of hydrogen-bond donors (Lipinski definition) is 1. The minimum Gasteiger partial charge on any atom is -0.480 e. The van der Waals surface area contributed by atoms with Crippen molar-refractivity contribution in [2.45, 2.75) is 26.4 Å². The van der Waals surface area contributed by atoms with Gasteiger partial charge in [-0.15, -0.1) is 0 Å². The summed E-state index contributed by atoms with van der Waals surface area (Å²) in [7, 11) is 0. The van der Waals surface area contributed by atoms with Gasteiger partial charge in [0.1, 0.15) is 18.7 Å². The fraction of sp³-hybridized carbons (Fsp3) is 0.357. The van der Waals surface area contributed by atoms with Gasteiger partial charge in [-0.05, 0) is 24.6 Å². The van der Waals surface area contributed by atoms with Gasteiger partial charge in [-0.1, -0.05) is 24.6 Å². The topological polar surface area (TPSA) is 71.2 Å². The van der Waals surface area contributed by atoms with E-state index in [0.717, 1.165) is 24.5 Å². The molecule has 1 aromatic heterocycles. The Bertz CT molecular complexity index is 615. The van der Waals surface area contributed by atoms with E-state index >= 15 is 0 Å². The van der Waals surface area contributed by atoms with Gasteiger partial charge in [0, 0.05) is 17.3 Å². The minimum atomic E-state index is -0.906. The van der Waals surface area contributed by atoms with Crippen LogP contribution < -0.4 is 4.90 Å². The average molecular weight is 309 g/mol. The second kappa shape index (κ2) is 7.08. The molecule has 1 aromatic carbocycles. The monoisotopic (exact) mass is 308 g/mol. The first-order chi connectivity index (χ1) is 10.1. The second-order valence-electron chi connectivity index (χ2n) is 4.63. The Kier molecular flexibility index (Phi) is 5.16. The van der Waals surface area contributed by atoms with Gasteiger partial charge in [-0.3, -0.25) is 4.79 Å². The molecule has 0 bridgehead atoms. The maximum Gasteiger partial charge on any atom is 0.323 e. The van der Waals surface area contributed by atoms with E-state index in [-0.39, 0.29) is 6.54 Å². The Morgan fingerprint density at radius 3 is 2.95 bits per heavy atom. The lowest BCUT2D eigenvalue weighted by Gasteiger charge is -2.22. The molecule has 0 aliphatic rings. The lowest BCUT2D eigenvalue weighted by Crippen LogP contribution is -2.30. The molecule has 1 N–H and O–H groups in total. The van der Waals surface area contributed by atoms with Crippen LogP contribution in [-0.4, -0.2) is 32.4 Å². The van der Waals surface area contributed by atoms with Crippen LogP contribution in [0.4, 0.5) is 5.69 Å². The lowest BCUT2D eigenvalue weighted by atomic mass is 10.2. The van der Waals surface area contributed by atoms with Crippen LogP contribution in [0.2, 0.25) is 5.02 Å². The van der Waals surface area contributed by atoms with Crippen LogP contribution in [0.15, 0.2) is 30.6 Å². The lowest BCUT2D eigenvalue weighted by molar-refractivity contribution is -0.135. The zero-order valence-corrected chi connectivity index (χ0v) is 12.5. The van der Waals surface area contributed by atoms with Crippen molar-refractivity contribution in [2.24, 2.45) is 0 Å². The molecule has 21 heavy (non-hydrogen) atoms. The van der Waals surface area contributed by atoms with E-state index in [9.17, 15) is 4.79 Å². The van der Waals surface area contributed by atoms with Gasteiger partial charge in [-0.25, -0.2) is 9.67 Å². The van der Waals surface area contributed by atoms with Crippen LogP contribution in [0.3, 0.4) is 0 Å². The van der Waals surface area contributed by atoms with Crippen molar-refractivity contribution in [1.82, 2.24) is 14.8 Å². The first kappa shape index (κ1) is 15.3. The zero-order chi connectivity index (χ0) is 15.2. The number of aliphatic carboxylic acids is 1. The van der Waals surface area contributed by atoms with Crippen LogP contribution in [0.1, 0.15) is 19.2 Å². The van der Waals surface area contributed by atoms with Crippen molar-refractivity contribution in [1.29, 1.82) is 0 Å². The quantitative estimate of drug-likeness (QED) is 0.850. The molecule has 0 aliphatic carbocycles. The third-order valence-corrected chi connectivity index (χ3v) is 3.20. The Balaban J connectivity index is 2.24. The van der Waals surface area contributed by atoms with Gasteiger partial charge < -0.3 is 10.0 Å². The van der Waals surface area contributed by atoms with Crippen molar-refractivity contribution in [3.63, 3.8) is 0 Å². The standard InChI is InChI=1S/C14H17ClN4O2/c1-2-6-19-13(16-10-17-19)8-18(9-14(20)21)12-5-3-4-11(15)7-12/h3-5,7,10H,2,6,8-9H2,1H3,(H,20,21). The van der Waals surface area contributed by atoms with E-state index in [2.05, 4.69) is 17.0 Å². The van der Waals surface area contributed by atoms with E-state index in [1.165, 1.54) is 6.33 Å². The van der Waals surface area contributed by atoms with Crippen molar-refractivity contribution >= 4 is 23.3 Å². The van der Waals surface area contributed by atoms with E-state index < -0.39 is 5.97 Å². The van der Waals surface area contributed by atoms with Gasteiger partial charge in [-0.2, -0.15) is 5.10 Å². The number of carbonyl (C=O) groups is 1. The smallest absolute Gasteiger partial charge is 0.323 e. The molecule has 0 saturated heterocycles. The predicted octanol–water partition coefficient (Wildman–Crippen LogP) is 2.43. The molecule has 0 unspecified atom stereocenters. The third-order valence-electron chi connectivity index (χ3n) is 2.96. The van der Waals surface area contributed by atoms with E-state index in [0.29, 0.717) is 11.6 Å². The Morgan fingerprint density at radius 2 is 2.29 bits per heavy atom. The van der Waals surface area contributed by atoms with Crippen LogP contribution in [-0.2, 0) is 17.9 Å².